The number of aromatic nitrogens is 1. The van der Waals surface area contributed by atoms with E-state index in [0.717, 1.165) is 24.0 Å². The van der Waals surface area contributed by atoms with Crippen LogP contribution in [0, 0.1) is 5.92 Å². The highest BCUT2D eigenvalue weighted by Gasteiger charge is 2.11. The summed E-state index contributed by atoms with van der Waals surface area (Å²) in [6.07, 6.45) is 2.52. The Hall–Kier alpha value is -0.450. The third kappa shape index (κ3) is 4.74. The number of nitrogens with zero attached hydrogens (tertiary/aromatic N) is 2. The van der Waals surface area contributed by atoms with Gasteiger partial charge in [0, 0.05) is 25.0 Å². The molecule has 0 amide bonds. The minimum absolute atomic E-state index is 0.559. The smallest absolute Gasteiger partial charge is 0.106 e. The second kappa shape index (κ2) is 7.80. The fourth-order valence-corrected chi connectivity index (χ4v) is 2.63. The van der Waals surface area contributed by atoms with Crippen molar-refractivity contribution in [1.29, 1.82) is 0 Å². The Labute approximate surface area is 109 Å². The van der Waals surface area contributed by atoms with Crippen LogP contribution < -0.4 is 5.73 Å². The SMILES string of the molecule is CCC(CC)CN(CC)Cc1csc(CN)n1. The first-order valence-corrected chi connectivity index (χ1v) is 7.47. The number of rotatable bonds is 8. The van der Waals surface area contributed by atoms with E-state index in [9.17, 15) is 0 Å². The quantitative estimate of drug-likeness (QED) is 0.776. The molecule has 0 bridgehead atoms. The van der Waals surface area contributed by atoms with E-state index in [4.69, 9.17) is 5.73 Å². The van der Waals surface area contributed by atoms with Crippen LogP contribution in [0.25, 0.3) is 0 Å². The summed E-state index contributed by atoms with van der Waals surface area (Å²) in [4.78, 5) is 7.01. The zero-order valence-corrected chi connectivity index (χ0v) is 12.1. The highest BCUT2D eigenvalue weighted by molar-refractivity contribution is 7.09. The normalized spacial score (nSPS) is 11.6. The summed E-state index contributed by atoms with van der Waals surface area (Å²) in [7, 11) is 0. The summed E-state index contributed by atoms with van der Waals surface area (Å²) in [5.41, 5.74) is 6.75. The van der Waals surface area contributed by atoms with Gasteiger partial charge in [0.15, 0.2) is 0 Å². The second-order valence-electron chi connectivity index (χ2n) is 4.45. The molecule has 0 spiro atoms. The van der Waals surface area contributed by atoms with Crippen molar-refractivity contribution in [3.05, 3.63) is 16.1 Å². The van der Waals surface area contributed by atoms with E-state index in [1.165, 1.54) is 25.1 Å². The predicted molar refractivity (Wildman–Crippen MR) is 75.0 cm³/mol. The molecule has 0 aliphatic carbocycles. The van der Waals surface area contributed by atoms with Gasteiger partial charge in [-0.1, -0.05) is 33.6 Å². The fraction of sp³-hybridized carbons (Fsp3) is 0.769. The average Bonchev–Trinajstić information content (AvgIpc) is 2.82. The number of thiazole rings is 1. The van der Waals surface area contributed by atoms with Crippen molar-refractivity contribution >= 4 is 11.3 Å². The fourth-order valence-electron chi connectivity index (χ4n) is 1.96. The van der Waals surface area contributed by atoms with Crippen LogP contribution in [0.1, 0.15) is 44.3 Å². The molecule has 17 heavy (non-hydrogen) atoms. The molecule has 98 valence electrons. The summed E-state index contributed by atoms with van der Waals surface area (Å²) in [5, 5.41) is 3.18. The Morgan fingerprint density at radius 1 is 1.35 bits per heavy atom. The Morgan fingerprint density at radius 2 is 2.06 bits per heavy atom. The highest BCUT2D eigenvalue weighted by atomic mass is 32.1. The molecule has 0 aliphatic rings. The third-order valence-corrected chi connectivity index (χ3v) is 4.20. The Kier molecular flexibility index (Phi) is 6.70. The first-order chi connectivity index (χ1) is 8.23. The molecule has 1 heterocycles. The van der Waals surface area contributed by atoms with Gasteiger partial charge in [-0.15, -0.1) is 11.3 Å². The van der Waals surface area contributed by atoms with Crippen molar-refractivity contribution in [2.75, 3.05) is 13.1 Å². The minimum atomic E-state index is 0.559. The predicted octanol–water partition coefficient (Wildman–Crippen LogP) is 2.86. The van der Waals surface area contributed by atoms with Gasteiger partial charge in [-0.3, -0.25) is 4.90 Å². The first kappa shape index (κ1) is 14.6. The van der Waals surface area contributed by atoms with E-state index < -0.39 is 0 Å². The van der Waals surface area contributed by atoms with Crippen molar-refractivity contribution < 1.29 is 0 Å². The summed E-state index contributed by atoms with van der Waals surface area (Å²) in [6.45, 7) is 10.6. The Morgan fingerprint density at radius 3 is 2.53 bits per heavy atom. The summed E-state index contributed by atoms with van der Waals surface area (Å²) in [6, 6.07) is 0. The largest absolute Gasteiger partial charge is 0.325 e. The van der Waals surface area contributed by atoms with E-state index in [-0.39, 0.29) is 0 Å². The van der Waals surface area contributed by atoms with Crippen molar-refractivity contribution in [2.45, 2.75) is 46.7 Å². The van der Waals surface area contributed by atoms with Gasteiger partial charge in [0.2, 0.25) is 0 Å². The van der Waals surface area contributed by atoms with Crippen LogP contribution in [0.2, 0.25) is 0 Å². The van der Waals surface area contributed by atoms with Gasteiger partial charge in [-0.25, -0.2) is 4.98 Å². The summed E-state index contributed by atoms with van der Waals surface area (Å²) >= 11 is 1.67. The van der Waals surface area contributed by atoms with Crippen LogP contribution in [0.4, 0.5) is 0 Å². The van der Waals surface area contributed by atoms with Crippen LogP contribution in [0.5, 0.6) is 0 Å². The maximum atomic E-state index is 5.58. The van der Waals surface area contributed by atoms with Crippen molar-refractivity contribution in [3.8, 4) is 0 Å². The van der Waals surface area contributed by atoms with Gasteiger partial charge in [0.25, 0.3) is 0 Å². The second-order valence-corrected chi connectivity index (χ2v) is 5.39. The Bertz CT molecular complexity index is 307. The molecular weight excluding hydrogens is 230 g/mol. The van der Waals surface area contributed by atoms with Crippen molar-refractivity contribution in [1.82, 2.24) is 9.88 Å². The van der Waals surface area contributed by atoms with E-state index in [1.807, 2.05) is 0 Å². The molecule has 0 unspecified atom stereocenters. The van der Waals surface area contributed by atoms with Crippen molar-refractivity contribution in [2.24, 2.45) is 11.7 Å². The Balaban J connectivity index is 2.50. The maximum absolute atomic E-state index is 5.58. The van der Waals surface area contributed by atoms with Gasteiger partial charge in [-0.2, -0.15) is 0 Å². The molecule has 0 saturated heterocycles. The number of nitrogens with two attached hydrogens (primary N) is 1. The first-order valence-electron chi connectivity index (χ1n) is 6.59. The van der Waals surface area contributed by atoms with Crippen LogP contribution in [0.15, 0.2) is 5.38 Å². The molecule has 4 heteroatoms. The lowest BCUT2D eigenvalue weighted by atomic mass is 10.0. The molecule has 1 aromatic rings. The molecule has 0 fully saturated rings. The topological polar surface area (TPSA) is 42.1 Å². The van der Waals surface area contributed by atoms with Crippen LogP contribution in [0.3, 0.4) is 0 Å². The third-order valence-electron chi connectivity index (χ3n) is 3.28. The standard InChI is InChI=1S/C13H25N3S/c1-4-11(5-2)8-16(6-3)9-12-10-17-13(7-14)15-12/h10-11H,4-9,14H2,1-3H3. The van der Waals surface area contributed by atoms with E-state index in [1.54, 1.807) is 11.3 Å². The molecule has 1 rings (SSSR count). The van der Waals surface area contributed by atoms with Gasteiger partial charge in [-0.05, 0) is 12.5 Å². The lowest BCUT2D eigenvalue weighted by Crippen LogP contribution is -2.28. The minimum Gasteiger partial charge on any atom is -0.325 e. The highest BCUT2D eigenvalue weighted by Crippen LogP contribution is 2.14. The monoisotopic (exact) mass is 255 g/mol. The van der Waals surface area contributed by atoms with Gasteiger partial charge < -0.3 is 5.73 Å². The zero-order valence-electron chi connectivity index (χ0n) is 11.3. The molecule has 0 aliphatic heterocycles. The molecule has 1 aromatic heterocycles. The summed E-state index contributed by atoms with van der Waals surface area (Å²) in [5.74, 6) is 0.808. The molecule has 0 saturated carbocycles. The van der Waals surface area contributed by atoms with Gasteiger partial charge >= 0.3 is 0 Å². The van der Waals surface area contributed by atoms with Gasteiger partial charge in [0.1, 0.15) is 5.01 Å². The number of hydrogen-bond acceptors (Lipinski definition) is 4. The lowest BCUT2D eigenvalue weighted by Gasteiger charge is -2.24. The van der Waals surface area contributed by atoms with Crippen LogP contribution in [-0.4, -0.2) is 23.0 Å². The van der Waals surface area contributed by atoms with E-state index in [2.05, 4.69) is 36.0 Å². The van der Waals surface area contributed by atoms with Gasteiger partial charge in [0.05, 0.1) is 5.69 Å². The molecule has 0 atom stereocenters. The van der Waals surface area contributed by atoms with Crippen molar-refractivity contribution in [3.63, 3.8) is 0 Å². The molecule has 3 nitrogen and oxygen atoms in total. The molecule has 0 aromatic carbocycles. The number of hydrogen-bond donors (Lipinski definition) is 1. The molecule has 0 radical (unpaired) electrons. The maximum Gasteiger partial charge on any atom is 0.106 e. The zero-order chi connectivity index (χ0) is 12.7. The lowest BCUT2D eigenvalue weighted by molar-refractivity contribution is 0.224. The van der Waals surface area contributed by atoms with E-state index >= 15 is 0 Å². The van der Waals surface area contributed by atoms with E-state index in [0.29, 0.717) is 6.54 Å². The molecule has 2 N–H and O–H groups in total. The average molecular weight is 255 g/mol. The van der Waals surface area contributed by atoms with Crippen LogP contribution in [-0.2, 0) is 13.1 Å². The summed E-state index contributed by atoms with van der Waals surface area (Å²) < 4.78 is 0. The molecular formula is C13H25N3S. The van der Waals surface area contributed by atoms with Crippen LogP contribution >= 0.6 is 11.3 Å².